The molecule has 3 rings (SSSR count). The summed E-state index contributed by atoms with van der Waals surface area (Å²) >= 11 is 0. The second kappa shape index (κ2) is 6.47. The summed E-state index contributed by atoms with van der Waals surface area (Å²) in [6.07, 6.45) is 2.27. The van der Waals surface area contributed by atoms with Crippen molar-refractivity contribution in [2.24, 2.45) is 0 Å². The lowest BCUT2D eigenvalue weighted by Crippen LogP contribution is -2.31. The normalized spacial score (nSPS) is 13.4. The van der Waals surface area contributed by atoms with Crippen LogP contribution < -0.4 is 10.2 Å². The summed E-state index contributed by atoms with van der Waals surface area (Å²) in [5, 5.41) is 2.71. The van der Waals surface area contributed by atoms with Crippen LogP contribution in [-0.2, 0) is 17.7 Å². The molecule has 1 aliphatic heterocycles. The van der Waals surface area contributed by atoms with Crippen LogP contribution in [0.5, 0.6) is 0 Å². The third kappa shape index (κ3) is 3.19. The van der Waals surface area contributed by atoms with Crippen molar-refractivity contribution in [3.63, 3.8) is 0 Å². The van der Waals surface area contributed by atoms with Crippen LogP contribution in [0.4, 0.5) is 16.3 Å². The number of fused-ring (bicyclic) bond motifs is 1. The first-order valence-corrected chi connectivity index (χ1v) is 7.48. The Morgan fingerprint density at radius 1 is 1.32 bits per heavy atom. The maximum Gasteiger partial charge on any atom is 0.411 e. The first-order chi connectivity index (χ1) is 10.8. The van der Waals surface area contributed by atoms with E-state index in [1.54, 1.807) is 19.2 Å². The number of pyridine rings is 1. The van der Waals surface area contributed by atoms with Crippen LogP contribution in [0.3, 0.4) is 0 Å². The van der Waals surface area contributed by atoms with Crippen LogP contribution >= 0.6 is 0 Å². The van der Waals surface area contributed by atoms with Gasteiger partial charge in [-0.3, -0.25) is 5.32 Å². The second-order valence-corrected chi connectivity index (χ2v) is 5.19. The predicted molar refractivity (Wildman–Crippen MR) is 86.1 cm³/mol. The number of carbonyl (C=O) groups excluding carboxylic acids is 1. The van der Waals surface area contributed by atoms with Crippen molar-refractivity contribution in [1.82, 2.24) is 4.98 Å². The van der Waals surface area contributed by atoms with Gasteiger partial charge < -0.3 is 9.64 Å². The van der Waals surface area contributed by atoms with E-state index in [4.69, 9.17) is 4.74 Å². The molecule has 5 heteroatoms. The maximum atomic E-state index is 11.5. The van der Waals surface area contributed by atoms with E-state index in [2.05, 4.69) is 39.5 Å². The summed E-state index contributed by atoms with van der Waals surface area (Å²) in [5.41, 5.74) is 3.43. The van der Waals surface area contributed by atoms with Crippen LogP contribution in [0.2, 0.25) is 0 Å². The van der Waals surface area contributed by atoms with Gasteiger partial charge in [0.2, 0.25) is 0 Å². The predicted octanol–water partition coefficient (Wildman–Crippen LogP) is 3.21. The van der Waals surface area contributed by atoms with Gasteiger partial charge >= 0.3 is 6.09 Å². The molecule has 0 spiro atoms. The molecule has 0 saturated heterocycles. The van der Waals surface area contributed by atoms with E-state index in [1.165, 1.54) is 11.1 Å². The number of benzene rings is 1. The number of carbonyl (C=O) groups is 1. The van der Waals surface area contributed by atoms with Crippen molar-refractivity contribution in [1.29, 1.82) is 0 Å². The number of anilines is 2. The molecule has 5 nitrogen and oxygen atoms in total. The number of nitrogens with zero attached hydrogens (tertiary/aromatic N) is 2. The van der Waals surface area contributed by atoms with E-state index in [1.807, 2.05) is 6.07 Å². The molecule has 1 aromatic heterocycles. The minimum absolute atomic E-state index is 0.354. The van der Waals surface area contributed by atoms with Crippen molar-refractivity contribution in [2.45, 2.75) is 19.9 Å². The number of aromatic nitrogens is 1. The van der Waals surface area contributed by atoms with E-state index in [0.717, 1.165) is 25.3 Å². The minimum atomic E-state index is -0.441. The molecule has 1 amide bonds. The quantitative estimate of drug-likeness (QED) is 0.945. The SMILES string of the molecule is CCOC(=O)Nc1ccnc(N2CCc3ccccc3C2)c1. The number of nitrogens with one attached hydrogen (secondary N) is 1. The Morgan fingerprint density at radius 2 is 2.14 bits per heavy atom. The molecule has 114 valence electrons. The highest BCUT2D eigenvalue weighted by Gasteiger charge is 2.17. The minimum Gasteiger partial charge on any atom is -0.450 e. The monoisotopic (exact) mass is 297 g/mol. The Bertz CT molecular complexity index is 672. The van der Waals surface area contributed by atoms with Crippen molar-refractivity contribution in [3.05, 3.63) is 53.7 Å². The van der Waals surface area contributed by atoms with E-state index < -0.39 is 6.09 Å². The second-order valence-electron chi connectivity index (χ2n) is 5.19. The Balaban J connectivity index is 1.74. The molecule has 0 saturated carbocycles. The highest BCUT2D eigenvalue weighted by atomic mass is 16.5. The van der Waals surface area contributed by atoms with Crippen molar-refractivity contribution in [2.75, 3.05) is 23.4 Å². The fourth-order valence-electron chi connectivity index (χ4n) is 2.65. The molecule has 0 bridgehead atoms. The summed E-state index contributed by atoms with van der Waals surface area (Å²) in [5.74, 6) is 0.865. The molecule has 2 aromatic rings. The van der Waals surface area contributed by atoms with Crippen LogP contribution in [0.1, 0.15) is 18.1 Å². The van der Waals surface area contributed by atoms with Gasteiger partial charge in [0.05, 0.1) is 6.61 Å². The van der Waals surface area contributed by atoms with Crippen molar-refractivity contribution in [3.8, 4) is 0 Å². The zero-order chi connectivity index (χ0) is 15.4. The van der Waals surface area contributed by atoms with Crippen molar-refractivity contribution >= 4 is 17.6 Å². The van der Waals surface area contributed by atoms with Gasteiger partial charge in [-0.15, -0.1) is 0 Å². The Morgan fingerprint density at radius 3 is 2.95 bits per heavy atom. The number of rotatable bonds is 3. The molecule has 0 radical (unpaired) electrons. The topological polar surface area (TPSA) is 54.5 Å². The van der Waals surface area contributed by atoms with E-state index in [0.29, 0.717) is 12.3 Å². The van der Waals surface area contributed by atoms with Gasteiger partial charge in [-0.05, 0) is 30.5 Å². The molecule has 1 aromatic carbocycles. The number of hydrogen-bond donors (Lipinski definition) is 1. The number of amides is 1. The fraction of sp³-hybridized carbons (Fsp3) is 0.294. The van der Waals surface area contributed by atoms with Crippen LogP contribution in [-0.4, -0.2) is 24.2 Å². The number of ether oxygens (including phenoxy) is 1. The Kier molecular flexibility index (Phi) is 4.23. The van der Waals surface area contributed by atoms with Gasteiger partial charge in [0.15, 0.2) is 0 Å². The Hall–Kier alpha value is -2.56. The third-order valence-corrected chi connectivity index (χ3v) is 3.72. The third-order valence-electron chi connectivity index (χ3n) is 3.72. The van der Waals surface area contributed by atoms with E-state index in [-0.39, 0.29) is 0 Å². The lowest BCUT2D eigenvalue weighted by Gasteiger charge is -2.30. The maximum absolute atomic E-state index is 11.5. The fourth-order valence-corrected chi connectivity index (χ4v) is 2.65. The summed E-state index contributed by atoms with van der Waals surface area (Å²) in [4.78, 5) is 18.1. The van der Waals surface area contributed by atoms with Gasteiger partial charge in [-0.2, -0.15) is 0 Å². The molecule has 22 heavy (non-hydrogen) atoms. The smallest absolute Gasteiger partial charge is 0.411 e. The highest BCUT2D eigenvalue weighted by Crippen LogP contribution is 2.24. The van der Waals surface area contributed by atoms with Gasteiger partial charge in [0.1, 0.15) is 5.82 Å². The lowest BCUT2D eigenvalue weighted by atomic mass is 10.00. The van der Waals surface area contributed by atoms with Crippen LogP contribution in [0.15, 0.2) is 42.6 Å². The van der Waals surface area contributed by atoms with E-state index in [9.17, 15) is 4.79 Å². The summed E-state index contributed by atoms with van der Waals surface area (Å²) < 4.78 is 4.89. The standard InChI is InChI=1S/C17H19N3O2/c1-2-22-17(21)19-15-7-9-18-16(11-15)20-10-8-13-5-3-4-6-14(13)12-20/h3-7,9,11H,2,8,10,12H2,1H3,(H,18,19,21). The number of hydrogen-bond acceptors (Lipinski definition) is 4. The average Bonchev–Trinajstić information content (AvgIpc) is 2.55. The molecular formula is C17H19N3O2. The van der Waals surface area contributed by atoms with Gasteiger partial charge in [0, 0.05) is 31.0 Å². The molecule has 0 unspecified atom stereocenters. The molecule has 0 fully saturated rings. The van der Waals surface area contributed by atoms with Crippen molar-refractivity contribution < 1.29 is 9.53 Å². The molecule has 1 aliphatic rings. The van der Waals surface area contributed by atoms with Crippen LogP contribution in [0, 0.1) is 0 Å². The Labute approximate surface area is 129 Å². The molecule has 2 heterocycles. The lowest BCUT2D eigenvalue weighted by molar-refractivity contribution is 0.168. The zero-order valence-electron chi connectivity index (χ0n) is 12.6. The molecule has 0 aliphatic carbocycles. The first-order valence-electron chi connectivity index (χ1n) is 7.48. The summed E-state index contributed by atoms with van der Waals surface area (Å²) in [7, 11) is 0. The zero-order valence-corrected chi connectivity index (χ0v) is 12.6. The van der Waals surface area contributed by atoms with E-state index >= 15 is 0 Å². The van der Waals surface area contributed by atoms with Crippen LogP contribution in [0.25, 0.3) is 0 Å². The molecule has 0 atom stereocenters. The summed E-state index contributed by atoms with van der Waals surface area (Å²) in [6, 6.07) is 12.1. The van der Waals surface area contributed by atoms with Gasteiger partial charge in [-0.1, -0.05) is 24.3 Å². The summed E-state index contributed by atoms with van der Waals surface area (Å²) in [6.45, 7) is 3.90. The highest BCUT2D eigenvalue weighted by molar-refractivity contribution is 5.85. The average molecular weight is 297 g/mol. The van der Waals surface area contributed by atoms with Gasteiger partial charge in [-0.25, -0.2) is 9.78 Å². The molecule has 1 N–H and O–H groups in total. The largest absolute Gasteiger partial charge is 0.450 e. The molecular weight excluding hydrogens is 278 g/mol. The van der Waals surface area contributed by atoms with Gasteiger partial charge in [0.25, 0.3) is 0 Å². The first kappa shape index (κ1) is 14.4.